The molecule has 1 aromatic heterocycles. The van der Waals surface area contributed by atoms with Gasteiger partial charge in [-0.05, 0) is 24.8 Å². The average molecular weight is 355 g/mol. The second kappa shape index (κ2) is 7.81. The second-order valence-corrected chi connectivity index (χ2v) is 6.95. The molecule has 1 fully saturated rings. The van der Waals surface area contributed by atoms with Crippen molar-refractivity contribution in [2.45, 2.75) is 64.3 Å². The normalized spacial score (nSPS) is 15.8. The minimum Gasteiger partial charge on any atom is -0.343 e. The molecule has 1 aliphatic rings. The van der Waals surface area contributed by atoms with Gasteiger partial charge in [0.25, 0.3) is 0 Å². The van der Waals surface area contributed by atoms with Crippen LogP contribution < -0.4 is 5.32 Å². The molecule has 3 rings (SSSR count). The second-order valence-electron chi connectivity index (χ2n) is 6.95. The van der Waals surface area contributed by atoms with Crippen LogP contribution in [0.2, 0.25) is 0 Å². The van der Waals surface area contributed by atoms with Crippen molar-refractivity contribution in [2.24, 2.45) is 0 Å². The average Bonchev–Trinajstić information content (AvgIpc) is 3.29. The zero-order valence-electron chi connectivity index (χ0n) is 15.4. The van der Waals surface area contributed by atoms with Gasteiger partial charge in [0.15, 0.2) is 11.6 Å². The molecule has 0 unspecified atom stereocenters. The van der Waals surface area contributed by atoms with Gasteiger partial charge in [-0.2, -0.15) is 4.98 Å². The Bertz CT molecular complexity index is 774. The lowest BCUT2D eigenvalue weighted by Crippen LogP contribution is -2.44. The summed E-state index contributed by atoms with van der Waals surface area (Å²) in [5, 5.41) is 7.09. The van der Waals surface area contributed by atoms with Gasteiger partial charge in [-0.25, -0.2) is 0 Å². The van der Waals surface area contributed by atoms with Gasteiger partial charge in [0.05, 0.1) is 0 Å². The molecule has 2 aromatic rings. The molecule has 1 heterocycles. The molecule has 6 heteroatoms. The number of aryl methyl sites for hydroxylation is 2. The Hall–Kier alpha value is -2.50. The third kappa shape index (κ3) is 4.00. The number of hydrogen-bond donors (Lipinski definition) is 1. The van der Waals surface area contributed by atoms with E-state index in [0.717, 1.165) is 32.1 Å². The zero-order chi connectivity index (χ0) is 18.6. The van der Waals surface area contributed by atoms with Crippen LogP contribution in [0.3, 0.4) is 0 Å². The maximum atomic E-state index is 12.5. The maximum absolute atomic E-state index is 12.5. The number of nitrogens with one attached hydrogen (secondary N) is 1. The third-order valence-corrected chi connectivity index (χ3v) is 5.05. The van der Waals surface area contributed by atoms with Gasteiger partial charge < -0.3 is 9.84 Å². The predicted molar refractivity (Wildman–Crippen MR) is 96.7 cm³/mol. The molecule has 1 N–H and O–H groups in total. The number of aromatic nitrogens is 2. The molecule has 0 radical (unpaired) electrons. The molecule has 1 saturated carbocycles. The minimum absolute atomic E-state index is 0.0151. The Morgan fingerprint density at radius 2 is 1.85 bits per heavy atom. The van der Waals surface area contributed by atoms with Crippen LogP contribution in [0.15, 0.2) is 28.8 Å². The highest BCUT2D eigenvalue weighted by Gasteiger charge is 2.41. The summed E-state index contributed by atoms with van der Waals surface area (Å²) in [4.78, 5) is 29.1. The summed E-state index contributed by atoms with van der Waals surface area (Å²) in [5.41, 5.74) is 1.29. The predicted octanol–water partition coefficient (Wildman–Crippen LogP) is 3.49. The molecule has 1 aromatic carbocycles. The fourth-order valence-corrected chi connectivity index (χ4v) is 3.50. The Kier molecular flexibility index (Phi) is 5.49. The highest BCUT2D eigenvalue weighted by Crippen LogP contribution is 2.37. The van der Waals surface area contributed by atoms with Crippen molar-refractivity contribution in [3.05, 3.63) is 47.1 Å². The van der Waals surface area contributed by atoms with Gasteiger partial charge in [-0.3, -0.25) is 9.59 Å². The van der Waals surface area contributed by atoms with E-state index in [0.29, 0.717) is 17.3 Å². The summed E-state index contributed by atoms with van der Waals surface area (Å²) in [7, 11) is 0. The van der Waals surface area contributed by atoms with Crippen molar-refractivity contribution in [1.29, 1.82) is 0 Å². The van der Waals surface area contributed by atoms with E-state index in [1.807, 2.05) is 24.3 Å². The highest BCUT2D eigenvalue weighted by molar-refractivity contribution is 5.98. The molecule has 138 valence electrons. The number of Topliss-reactive ketones (excluding diaryl/α,β-unsaturated/α-hetero) is 1. The molecular formula is C20H25N3O3. The summed E-state index contributed by atoms with van der Waals surface area (Å²) < 4.78 is 5.09. The van der Waals surface area contributed by atoms with Crippen molar-refractivity contribution in [2.75, 3.05) is 0 Å². The van der Waals surface area contributed by atoms with Crippen LogP contribution in [0.5, 0.6) is 0 Å². The molecule has 0 bridgehead atoms. The van der Waals surface area contributed by atoms with Gasteiger partial charge in [-0.1, -0.05) is 49.2 Å². The molecule has 0 aliphatic heterocycles. The van der Waals surface area contributed by atoms with E-state index in [2.05, 4.69) is 22.4 Å². The van der Waals surface area contributed by atoms with E-state index in [1.54, 1.807) is 6.92 Å². The molecular weight excluding hydrogens is 330 g/mol. The number of carbonyl (C=O) groups excluding carboxylic acids is 2. The minimum atomic E-state index is -0.555. The Labute approximate surface area is 153 Å². The maximum Gasteiger partial charge on any atom is 0.223 e. The first-order valence-electron chi connectivity index (χ1n) is 9.26. The molecule has 1 amide bonds. The summed E-state index contributed by atoms with van der Waals surface area (Å²) >= 11 is 0. The lowest BCUT2D eigenvalue weighted by molar-refractivity contribution is -0.123. The quantitative estimate of drug-likeness (QED) is 0.769. The number of amides is 1. The van der Waals surface area contributed by atoms with Crippen LogP contribution >= 0.6 is 0 Å². The largest absolute Gasteiger partial charge is 0.343 e. The van der Waals surface area contributed by atoms with Crippen LogP contribution in [0.4, 0.5) is 0 Å². The Morgan fingerprint density at radius 3 is 2.42 bits per heavy atom. The van der Waals surface area contributed by atoms with E-state index in [-0.39, 0.29) is 24.5 Å². The smallest absolute Gasteiger partial charge is 0.223 e. The molecule has 0 saturated heterocycles. The zero-order valence-corrected chi connectivity index (χ0v) is 15.4. The van der Waals surface area contributed by atoms with E-state index in [4.69, 9.17) is 4.52 Å². The topological polar surface area (TPSA) is 85.1 Å². The first-order valence-corrected chi connectivity index (χ1v) is 9.26. The van der Waals surface area contributed by atoms with E-state index < -0.39 is 5.54 Å². The van der Waals surface area contributed by atoms with Gasteiger partial charge in [0, 0.05) is 25.3 Å². The van der Waals surface area contributed by atoms with Gasteiger partial charge >= 0.3 is 0 Å². The summed E-state index contributed by atoms with van der Waals surface area (Å²) in [5.74, 6) is 0.875. The third-order valence-electron chi connectivity index (χ3n) is 5.05. The van der Waals surface area contributed by atoms with E-state index >= 15 is 0 Å². The molecule has 6 nitrogen and oxygen atoms in total. The monoisotopic (exact) mass is 355 g/mol. The van der Waals surface area contributed by atoms with Crippen LogP contribution in [0.25, 0.3) is 0 Å². The number of carbonyl (C=O) groups is 2. The van der Waals surface area contributed by atoms with E-state index in [1.165, 1.54) is 5.56 Å². The van der Waals surface area contributed by atoms with Crippen LogP contribution in [0, 0.1) is 6.92 Å². The number of hydrogen-bond acceptors (Lipinski definition) is 5. The van der Waals surface area contributed by atoms with Crippen molar-refractivity contribution in [1.82, 2.24) is 15.5 Å². The van der Waals surface area contributed by atoms with E-state index in [9.17, 15) is 9.59 Å². The molecule has 0 spiro atoms. The number of benzene rings is 1. The van der Waals surface area contributed by atoms with Crippen LogP contribution in [-0.2, 0) is 16.8 Å². The van der Waals surface area contributed by atoms with Gasteiger partial charge in [0.2, 0.25) is 11.8 Å². The van der Waals surface area contributed by atoms with Crippen molar-refractivity contribution >= 4 is 11.7 Å². The van der Waals surface area contributed by atoms with Crippen LogP contribution in [0.1, 0.15) is 73.1 Å². The standard InChI is InChI=1S/C20H25N3O3/c1-3-15-6-8-16(9-7-15)17(24)10-11-18(25)22-20(12-4-5-13-20)19-21-14(2)26-23-19/h6-9H,3-5,10-13H2,1-2H3,(H,22,25). The van der Waals surface area contributed by atoms with Crippen molar-refractivity contribution in [3.8, 4) is 0 Å². The fourth-order valence-electron chi connectivity index (χ4n) is 3.50. The van der Waals surface area contributed by atoms with Crippen LogP contribution in [-0.4, -0.2) is 21.8 Å². The first-order chi connectivity index (χ1) is 12.5. The summed E-state index contributed by atoms with van der Waals surface area (Å²) in [6.07, 6.45) is 4.90. The van der Waals surface area contributed by atoms with Gasteiger partial charge in [-0.15, -0.1) is 0 Å². The lowest BCUT2D eigenvalue weighted by atomic mass is 9.96. The Morgan fingerprint density at radius 1 is 1.15 bits per heavy atom. The molecule has 1 aliphatic carbocycles. The first kappa shape index (κ1) is 18.3. The SMILES string of the molecule is CCc1ccc(C(=O)CCC(=O)NC2(c3noc(C)n3)CCCC2)cc1. The Balaban J connectivity index is 1.59. The lowest BCUT2D eigenvalue weighted by Gasteiger charge is -2.26. The van der Waals surface area contributed by atoms with Crippen molar-refractivity contribution < 1.29 is 14.1 Å². The summed E-state index contributed by atoms with van der Waals surface area (Å²) in [6.45, 7) is 3.81. The molecule has 0 atom stereocenters. The summed E-state index contributed by atoms with van der Waals surface area (Å²) in [6, 6.07) is 7.58. The molecule has 26 heavy (non-hydrogen) atoms. The van der Waals surface area contributed by atoms with Gasteiger partial charge in [0.1, 0.15) is 5.54 Å². The highest BCUT2D eigenvalue weighted by atomic mass is 16.5. The van der Waals surface area contributed by atoms with Crippen molar-refractivity contribution in [3.63, 3.8) is 0 Å². The number of rotatable bonds is 7. The number of nitrogens with zero attached hydrogens (tertiary/aromatic N) is 2. The fraction of sp³-hybridized carbons (Fsp3) is 0.500. The number of ketones is 1.